The van der Waals surface area contributed by atoms with E-state index in [9.17, 15) is 0 Å². The highest BCUT2D eigenvalue weighted by Gasteiger charge is 2.21. The summed E-state index contributed by atoms with van der Waals surface area (Å²) in [5, 5.41) is 8.91. The minimum absolute atomic E-state index is 0.717. The first-order valence-corrected chi connectivity index (χ1v) is 9.78. The first-order valence-electron chi connectivity index (χ1n) is 9.78. The van der Waals surface area contributed by atoms with Gasteiger partial charge >= 0.3 is 0 Å². The van der Waals surface area contributed by atoms with E-state index >= 15 is 0 Å². The molecule has 27 heavy (non-hydrogen) atoms. The lowest BCUT2D eigenvalue weighted by Crippen LogP contribution is -2.46. The van der Waals surface area contributed by atoms with Gasteiger partial charge in [-0.05, 0) is 37.5 Å². The van der Waals surface area contributed by atoms with Crippen molar-refractivity contribution >= 4 is 11.8 Å². The highest BCUT2D eigenvalue weighted by atomic mass is 15.3. The molecule has 2 aromatic rings. The topological polar surface area (TPSA) is 59.3 Å². The SMILES string of the molecule is Cc1cc(N2CCCC2)nc(N2CCN(Cc3ccc(C#N)cc3)CC2)n1. The molecule has 1 aromatic heterocycles. The maximum Gasteiger partial charge on any atom is 0.227 e. The van der Waals surface area contributed by atoms with Gasteiger partial charge < -0.3 is 9.80 Å². The van der Waals surface area contributed by atoms with Crippen molar-refractivity contribution in [2.24, 2.45) is 0 Å². The molecule has 0 saturated carbocycles. The summed E-state index contributed by atoms with van der Waals surface area (Å²) in [6.07, 6.45) is 2.51. The van der Waals surface area contributed by atoms with E-state index in [1.165, 1.54) is 18.4 Å². The summed E-state index contributed by atoms with van der Waals surface area (Å²) in [4.78, 5) is 16.7. The van der Waals surface area contributed by atoms with E-state index in [1.807, 2.05) is 12.1 Å². The number of hydrogen-bond donors (Lipinski definition) is 0. The van der Waals surface area contributed by atoms with Crippen molar-refractivity contribution in [1.82, 2.24) is 14.9 Å². The smallest absolute Gasteiger partial charge is 0.227 e. The second kappa shape index (κ2) is 7.93. The van der Waals surface area contributed by atoms with Gasteiger partial charge in [-0.3, -0.25) is 4.90 Å². The van der Waals surface area contributed by atoms with Gasteiger partial charge in [0.05, 0.1) is 11.6 Å². The molecule has 0 atom stereocenters. The molecule has 0 radical (unpaired) electrons. The molecule has 3 heterocycles. The Hall–Kier alpha value is -2.65. The number of nitrogens with zero attached hydrogens (tertiary/aromatic N) is 6. The molecule has 2 aliphatic heterocycles. The Kier molecular flexibility index (Phi) is 5.21. The molecule has 0 amide bonds. The molecule has 6 heteroatoms. The Balaban J connectivity index is 1.38. The molecule has 2 saturated heterocycles. The molecule has 140 valence electrons. The molecule has 4 rings (SSSR count). The third-order valence-electron chi connectivity index (χ3n) is 5.40. The van der Waals surface area contributed by atoms with Crippen molar-refractivity contribution in [2.45, 2.75) is 26.3 Å². The van der Waals surface area contributed by atoms with Gasteiger partial charge in [-0.2, -0.15) is 10.2 Å². The largest absolute Gasteiger partial charge is 0.356 e. The lowest BCUT2D eigenvalue weighted by Gasteiger charge is -2.35. The monoisotopic (exact) mass is 362 g/mol. The van der Waals surface area contributed by atoms with Crippen LogP contribution in [0.2, 0.25) is 0 Å². The molecule has 6 nitrogen and oxygen atoms in total. The first kappa shape index (κ1) is 17.7. The van der Waals surface area contributed by atoms with Crippen LogP contribution in [-0.2, 0) is 6.54 Å². The molecular weight excluding hydrogens is 336 g/mol. The molecule has 2 aliphatic rings. The normalized spacial score (nSPS) is 17.9. The van der Waals surface area contributed by atoms with Crippen LogP contribution >= 0.6 is 0 Å². The van der Waals surface area contributed by atoms with Crippen LogP contribution in [0.25, 0.3) is 0 Å². The van der Waals surface area contributed by atoms with Crippen molar-refractivity contribution in [3.63, 3.8) is 0 Å². The van der Waals surface area contributed by atoms with Gasteiger partial charge in [0, 0.05) is 57.6 Å². The van der Waals surface area contributed by atoms with E-state index in [-0.39, 0.29) is 0 Å². The predicted molar refractivity (Wildman–Crippen MR) is 107 cm³/mol. The van der Waals surface area contributed by atoms with Crippen LogP contribution in [0.5, 0.6) is 0 Å². The molecule has 0 aliphatic carbocycles. The molecule has 2 fully saturated rings. The zero-order chi connectivity index (χ0) is 18.6. The third kappa shape index (κ3) is 4.20. The molecule has 0 unspecified atom stereocenters. The minimum Gasteiger partial charge on any atom is -0.356 e. The standard InChI is InChI=1S/C21H26N6/c1-17-14-20(26-8-2-3-9-26)24-21(23-17)27-12-10-25(11-13-27)16-19-6-4-18(15-22)5-7-19/h4-7,14H,2-3,8-13,16H2,1H3. The second-order valence-electron chi connectivity index (χ2n) is 7.43. The maximum absolute atomic E-state index is 8.91. The fraction of sp³-hybridized carbons (Fsp3) is 0.476. The van der Waals surface area contributed by atoms with Gasteiger partial charge in [-0.25, -0.2) is 4.98 Å². The quantitative estimate of drug-likeness (QED) is 0.833. The maximum atomic E-state index is 8.91. The lowest BCUT2D eigenvalue weighted by atomic mass is 10.1. The minimum atomic E-state index is 0.717. The summed E-state index contributed by atoms with van der Waals surface area (Å²) in [6.45, 7) is 9.08. The third-order valence-corrected chi connectivity index (χ3v) is 5.40. The summed E-state index contributed by atoms with van der Waals surface area (Å²) in [7, 11) is 0. The highest BCUT2D eigenvalue weighted by molar-refractivity contribution is 5.46. The van der Waals surface area contributed by atoms with Crippen LogP contribution in [0.15, 0.2) is 30.3 Å². The number of benzene rings is 1. The van der Waals surface area contributed by atoms with E-state index in [0.717, 1.165) is 63.3 Å². The number of aromatic nitrogens is 2. The Labute approximate surface area is 161 Å². The summed E-state index contributed by atoms with van der Waals surface area (Å²) in [6, 6.07) is 12.2. The number of anilines is 2. The van der Waals surface area contributed by atoms with Gasteiger partial charge in [-0.1, -0.05) is 12.1 Å². The van der Waals surface area contributed by atoms with Gasteiger partial charge in [0.15, 0.2) is 0 Å². The molecule has 0 bridgehead atoms. The molecule has 0 spiro atoms. The Morgan fingerprint density at radius 2 is 1.63 bits per heavy atom. The molecule has 0 N–H and O–H groups in total. The van der Waals surface area contributed by atoms with E-state index in [4.69, 9.17) is 15.2 Å². The lowest BCUT2D eigenvalue weighted by molar-refractivity contribution is 0.248. The van der Waals surface area contributed by atoms with Crippen LogP contribution in [-0.4, -0.2) is 54.1 Å². The van der Waals surface area contributed by atoms with Gasteiger partial charge in [0.25, 0.3) is 0 Å². The van der Waals surface area contributed by atoms with Crippen LogP contribution in [0.4, 0.5) is 11.8 Å². The van der Waals surface area contributed by atoms with E-state index in [2.05, 4.69) is 45.9 Å². The summed E-state index contributed by atoms with van der Waals surface area (Å²) < 4.78 is 0. The van der Waals surface area contributed by atoms with Gasteiger partial charge in [0.2, 0.25) is 5.95 Å². The average molecular weight is 362 g/mol. The summed E-state index contributed by atoms with van der Waals surface area (Å²) in [5.74, 6) is 1.95. The Morgan fingerprint density at radius 1 is 0.926 bits per heavy atom. The number of piperazine rings is 1. The van der Waals surface area contributed by atoms with Crippen LogP contribution in [0, 0.1) is 18.3 Å². The van der Waals surface area contributed by atoms with Crippen molar-refractivity contribution in [2.75, 3.05) is 49.1 Å². The Morgan fingerprint density at radius 3 is 2.30 bits per heavy atom. The van der Waals surface area contributed by atoms with E-state index < -0.39 is 0 Å². The fourth-order valence-electron chi connectivity index (χ4n) is 3.84. The first-order chi connectivity index (χ1) is 13.2. The zero-order valence-corrected chi connectivity index (χ0v) is 15.9. The van der Waals surface area contributed by atoms with Crippen LogP contribution in [0.3, 0.4) is 0 Å². The number of nitriles is 1. The number of rotatable bonds is 4. The van der Waals surface area contributed by atoms with Crippen molar-refractivity contribution < 1.29 is 0 Å². The molecule has 1 aromatic carbocycles. The Bertz CT molecular complexity index is 812. The van der Waals surface area contributed by atoms with Gasteiger partial charge in [0.1, 0.15) is 5.82 Å². The summed E-state index contributed by atoms with van der Waals surface area (Å²) >= 11 is 0. The van der Waals surface area contributed by atoms with Gasteiger partial charge in [-0.15, -0.1) is 0 Å². The van der Waals surface area contributed by atoms with E-state index in [0.29, 0.717) is 5.56 Å². The van der Waals surface area contributed by atoms with E-state index in [1.54, 1.807) is 0 Å². The van der Waals surface area contributed by atoms with Crippen LogP contribution in [0.1, 0.15) is 29.7 Å². The second-order valence-corrected chi connectivity index (χ2v) is 7.43. The van der Waals surface area contributed by atoms with Crippen molar-refractivity contribution in [3.05, 3.63) is 47.2 Å². The molecular formula is C21H26N6. The zero-order valence-electron chi connectivity index (χ0n) is 15.9. The fourth-order valence-corrected chi connectivity index (χ4v) is 3.84. The van der Waals surface area contributed by atoms with Crippen LogP contribution < -0.4 is 9.80 Å². The average Bonchev–Trinajstić information content (AvgIpc) is 3.24. The van der Waals surface area contributed by atoms with Crippen molar-refractivity contribution in [1.29, 1.82) is 5.26 Å². The van der Waals surface area contributed by atoms with Crippen molar-refractivity contribution in [3.8, 4) is 6.07 Å². The number of aryl methyl sites for hydroxylation is 1. The predicted octanol–water partition coefficient (Wildman–Crippen LogP) is 2.58. The number of hydrogen-bond acceptors (Lipinski definition) is 6. The highest BCUT2D eigenvalue weighted by Crippen LogP contribution is 2.22. The summed E-state index contributed by atoms with van der Waals surface area (Å²) in [5.41, 5.74) is 3.02.